The van der Waals surface area contributed by atoms with Crippen molar-refractivity contribution in [3.05, 3.63) is 40.6 Å². The van der Waals surface area contributed by atoms with E-state index in [4.69, 9.17) is 0 Å². The van der Waals surface area contributed by atoms with Gasteiger partial charge in [-0.05, 0) is 25.2 Å². The van der Waals surface area contributed by atoms with Crippen LogP contribution in [0.5, 0.6) is 0 Å². The second-order valence-electron chi connectivity index (χ2n) is 3.64. The summed E-state index contributed by atoms with van der Waals surface area (Å²) in [6, 6.07) is 8.90. The summed E-state index contributed by atoms with van der Waals surface area (Å²) in [5.41, 5.74) is 0.724. The van der Waals surface area contributed by atoms with Crippen LogP contribution in [-0.2, 0) is 0 Å². The molecule has 18 heavy (non-hydrogen) atoms. The minimum Gasteiger partial charge on any atom is -0.381 e. The van der Waals surface area contributed by atoms with E-state index in [-0.39, 0.29) is 30.2 Å². The maximum absolute atomic E-state index is 11.6. The summed E-state index contributed by atoms with van der Waals surface area (Å²) in [5, 5.41) is 3.18. The topological polar surface area (TPSA) is 32.3 Å². The molecule has 0 bridgehead atoms. The Balaban J connectivity index is 0. The van der Waals surface area contributed by atoms with E-state index in [9.17, 15) is 4.79 Å². The molecule has 104 valence electrons. The second kappa shape index (κ2) is 11.3. The Labute approximate surface area is 121 Å². The fourth-order valence-electron chi connectivity index (χ4n) is 1.57. The highest BCUT2D eigenvalue weighted by Crippen LogP contribution is 1.96. The average molecular weight is 293 g/mol. The molecule has 0 heterocycles. The van der Waals surface area contributed by atoms with Crippen molar-refractivity contribution in [1.29, 1.82) is 0 Å². The summed E-state index contributed by atoms with van der Waals surface area (Å²) < 4.78 is 0. The molecule has 0 unspecified atom stereocenters. The maximum Gasteiger partial charge on any atom is 0.201 e. The van der Waals surface area contributed by atoms with E-state index in [2.05, 4.69) is 24.1 Å². The van der Waals surface area contributed by atoms with Gasteiger partial charge in [-0.2, -0.15) is 0 Å². The van der Waals surface area contributed by atoms with Crippen LogP contribution in [0.2, 0.25) is 0 Å². The second-order valence-corrected chi connectivity index (χ2v) is 3.64. The Morgan fingerprint density at radius 1 is 1.06 bits per heavy atom. The number of hydrogen-bond acceptors (Lipinski definition) is 3. The van der Waals surface area contributed by atoms with Gasteiger partial charge in [0.2, 0.25) is 5.43 Å². The lowest BCUT2D eigenvalue weighted by Gasteiger charge is -2.17. The van der Waals surface area contributed by atoms with Crippen LogP contribution in [0.15, 0.2) is 35.1 Å². The average Bonchev–Trinajstić information content (AvgIpc) is 2.50. The molecule has 1 aromatic rings. The zero-order chi connectivity index (χ0) is 11.8. The minimum absolute atomic E-state index is 0. The molecule has 0 saturated heterocycles. The molecular weight excluding hydrogens is 271 g/mol. The normalized spacial score (nSPS) is 9.28. The lowest BCUT2D eigenvalue weighted by Crippen LogP contribution is -2.29. The molecule has 0 amide bonds. The van der Waals surface area contributed by atoms with Crippen molar-refractivity contribution in [1.82, 2.24) is 4.90 Å². The summed E-state index contributed by atoms with van der Waals surface area (Å²) in [4.78, 5) is 13.9. The van der Waals surface area contributed by atoms with E-state index in [1.165, 1.54) is 0 Å². The smallest absolute Gasteiger partial charge is 0.201 e. The van der Waals surface area contributed by atoms with Crippen LogP contribution in [0.25, 0.3) is 0 Å². The quantitative estimate of drug-likeness (QED) is 0.875. The first-order chi connectivity index (χ1) is 7.77. The van der Waals surface area contributed by atoms with Crippen molar-refractivity contribution in [2.24, 2.45) is 0 Å². The molecule has 0 saturated carbocycles. The largest absolute Gasteiger partial charge is 0.381 e. The summed E-state index contributed by atoms with van der Waals surface area (Å²) in [5.74, 6) is 0. The molecule has 1 aromatic carbocycles. The third-order valence-electron chi connectivity index (χ3n) is 2.64. The van der Waals surface area contributed by atoms with Gasteiger partial charge in [0.1, 0.15) is 0 Å². The van der Waals surface area contributed by atoms with Crippen LogP contribution in [0.4, 0.5) is 5.69 Å². The Bertz CT molecular complexity index is 370. The minimum atomic E-state index is 0. The van der Waals surface area contributed by atoms with E-state index < -0.39 is 0 Å². The van der Waals surface area contributed by atoms with Crippen LogP contribution in [0, 0.1) is 0 Å². The monoisotopic (exact) mass is 292 g/mol. The van der Waals surface area contributed by atoms with Gasteiger partial charge in [0.15, 0.2) is 0 Å². The van der Waals surface area contributed by atoms with Gasteiger partial charge in [0, 0.05) is 13.1 Å². The van der Waals surface area contributed by atoms with Gasteiger partial charge in [-0.25, -0.2) is 0 Å². The Morgan fingerprint density at radius 3 is 2.28 bits per heavy atom. The van der Waals surface area contributed by atoms with E-state index in [0.29, 0.717) is 5.69 Å². The van der Waals surface area contributed by atoms with Crippen LogP contribution in [0.1, 0.15) is 13.8 Å². The summed E-state index contributed by atoms with van der Waals surface area (Å²) in [7, 11) is 0. The number of likely N-dealkylation sites (N-methyl/N-ethyl adjacent to an activating group) is 1. The molecule has 1 rings (SSSR count). The number of nitrogens with zero attached hydrogens (tertiary/aromatic N) is 1. The lowest BCUT2D eigenvalue weighted by atomic mass is 10.4. The highest BCUT2D eigenvalue weighted by Gasteiger charge is 1.99. The summed E-state index contributed by atoms with van der Waals surface area (Å²) >= 11 is 0. The lowest BCUT2D eigenvalue weighted by molar-refractivity contribution is 0.316. The van der Waals surface area contributed by atoms with Crippen molar-refractivity contribution in [3.8, 4) is 0 Å². The number of anilines is 1. The van der Waals surface area contributed by atoms with Crippen molar-refractivity contribution in [2.45, 2.75) is 13.8 Å². The Hall–Kier alpha value is -0.770. The molecule has 0 aliphatic rings. The standard InChI is InChI=1S/C13H20N2O.2ClH/c1-3-15(4-2)11-10-14-12-8-6-5-7-9-13(12)16;;/h5-9H,3-4,10-11H2,1-2H3,(H,14,16);2*1H. The highest BCUT2D eigenvalue weighted by molar-refractivity contribution is 5.85. The maximum atomic E-state index is 11.6. The first kappa shape index (κ1) is 19.6. The van der Waals surface area contributed by atoms with Crippen molar-refractivity contribution >= 4 is 30.5 Å². The summed E-state index contributed by atoms with van der Waals surface area (Å²) in [6.07, 6.45) is 0. The van der Waals surface area contributed by atoms with E-state index in [0.717, 1.165) is 26.2 Å². The Morgan fingerprint density at radius 2 is 1.67 bits per heavy atom. The van der Waals surface area contributed by atoms with Gasteiger partial charge in [-0.3, -0.25) is 4.79 Å². The fraction of sp³-hybridized carbons (Fsp3) is 0.462. The van der Waals surface area contributed by atoms with Gasteiger partial charge in [-0.15, -0.1) is 24.8 Å². The third kappa shape index (κ3) is 6.84. The molecule has 0 atom stereocenters. The summed E-state index contributed by atoms with van der Waals surface area (Å²) in [6.45, 7) is 8.15. The third-order valence-corrected chi connectivity index (χ3v) is 2.64. The van der Waals surface area contributed by atoms with Crippen molar-refractivity contribution in [2.75, 3.05) is 31.5 Å². The van der Waals surface area contributed by atoms with E-state index in [1.54, 1.807) is 12.1 Å². The van der Waals surface area contributed by atoms with Gasteiger partial charge in [-0.1, -0.05) is 32.0 Å². The molecule has 0 spiro atoms. The predicted octanol–water partition coefficient (Wildman–Crippen LogP) is 2.64. The molecule has 1 N–H and O–H groups in total. The van der Waals surface area contributed by atoms with Crippen molar-refractivity contribution in [3.63, 3.8) is 0 Å². The van der Waals surface area contributed by atoms with Crippen LogP contribution in [-0.4, -0.2) is 31.1 Å². The van der Waals surface area contributed by atoms with E-state index in [1.807, 2.05) is 18.2 Å². The number of rotatable bonds is 6. The van der Waals surface area contributed by atoms with Crippen LogP contribution >= 0.6 is 24.8 Å². The molecule has 5 heteroatoms. The van der Waals surface area contributed by atoms with Gasteiger partial charge >= 0.3 is 0 Å². The predicted molar refractivity (Wildman–Crippen MR) is 83.5 cm³/mol. The van der Waals surface area contributed by atoms with Gasteiger partial charge < -0.3 is 10.2 Å². The first-order valence-electron chi connectivity index (χ1n) is 5.83. The van der Waals surface area contributed by atoms with Crippen LogP contribution < -0.4 is 10.7 Å². The zero-order valence-electron chi connectivity index (χ0n) is 10.9. The molecule has 0 aromatic heterocycles. The van der Waals surface area contributed by atoms with Crippen molar-refractivity contribution < 1.29 is 0 Å². The molecule has 0 radical (unpaired) electrons. The highest BCUT2D eigenvalue weighted by atomic mass is 35.5. The fourth-order valence-corrected chi connectivity index (χ4v) is 1.57. The number of halogens is 2. The molecule has 0 aliphatic carbocycles. The Kier molecular flexibility index (Phi) is 12.3. The SMILES string of the molecule is CCN(CC)CCNc1cccccc1=O.Cl.Cl. The molecule has 3 nitrogen and oxygen atoms in total. The van der Waals surface area contributed by atoms with Gasteiger partial charge in [0.05, 0.1) is 5.69 Å². The number of hydrogen-bond donors (Lipinski definition) is 1. The zero-order valence-corrected chi connectivity index (χ0v) is 12.5. The number of nitrogens with one attached hydrogen (secondary N) is 1. The van der Waals surface area contributed by atoms with E-state index >= 15 is 0 Å². The first-order valence-corrected chi connectivity index (χ1v) is 5.83. The van der Waals surface area contributed by atoms with Crippen LogP contribution in [0.3, 0.4) is 0 Å². The molecule has 0 fully saturated rings. The molecular formula is C13H22Cl2N2O. The molecule has 0 aliphatic heterocycles. The van der Waals surface area contributed by atoms with Gasteiger partial charge in [0.25, 0.3) is 0 Å².